The Morgan fingerprint density at radius 3 is 2.79 bits per heavy atom. The lowest BCUT2D eigenvalue weighted by Gasteiger charge is -2.14. The largest absolute Gasteiger partial charge is 0.480 e. The van der Waals surface area contributed by atoms with Crippen LogP contribution in [0.25, 0.3) is 1.43 Å². The van der Waals surface area contributed by atoms with Crippen LogP contribution < -0.4 is 11.1 Å². The molecule has 106 valence electrons. The van der Waals surface area contributed by atoms with Gasteiger partial charge in [0.1, 0.15) is 6.04 Å². The van der Waals surface area contributed by atoms with Gasteiger partial charge in [0.25, 0.3) is 1.43 Å². The molecule has 0 spiro atoms. The van der Waals surface area contributed by atoms with Crippen LogP contribution in [0.3, 0.4) is 0 Å². The summed E-state index contributed by atoms with van der Waals surface area (Å²) in [7, 11) is 0. The van der Waals surface area contributed by atoms with Crippen LogP contribution in [0.5, 0.6) is 0 Å². The SMILES string of the molecule is [2H]OC(=O)[C@H](CCCCN)NCCCc1ccccc1. The first-order chi connectivity index (χ1) is 9.77. The highest BCUT2D eigenvalue weighted by Crippen LogP contribution is 2.03. The summed E-state index contributed by atoms with van der Waals surface area (Å²) >= 11 is 0. The summed E-state index contributed by atoms with van der Waals surface area (Å²) in [6.07, 6.45) is 4.33. The number of aliphatic carboxylic acids is 1. The lowest BCUT2D eigenvalue weighted by Crippen LogP contribution is -2.37. The van der Waals surface area contributed by atoms with Crippen LogP contribution in [0.2, 0.25) is 0 Å². The van der Waals surface area contributed by atoms with E-state index >= 15 is 0 Å². The molecule has 0 saturated heterocycles. The highest BCUT2D eigenvalue weighted by molar-refractivity contribution is 5.73. The summed E-state index contributed by atoms with van der Waals surface area (Å²) in [5, 5.41) is 7.24. The Morgan fingerprint density at radius 1 is 1.32 bits per heavy atom. The predicted octanol–water partition coefficient (Wildman–Crippen LogP) is 1.79. The van der Waals surface area contributed by atoms with Gasteiger partial charge in [0.15, 0.2) is 0 Å². The number of nitrogens with two attached hydrogens (primary N) is 1. The number of unbranched alkanes of at least 4 members (excludes halogenated alkanes) is 1. The zero-order valence-electron chi connectivity index (χ0n) is 12.3. The molecule has 4 nitrogen and oxygen atoms in total. The van der Waals surface area contributed by atoms with Crippen molar-refractivity contribution in [3.63, 3.8) is 0 Å². The number of aryl methyl sites for hydroxylation is 1. The van der Waals surface area contributed by atoms with Gasteiger partial charge in [-0.15, -0.1) is 0 Å². The van der Waals surface area contributed by atoms with Crippen LogP contribution in [0.15, 0.2) is 30.3 Å². The number of carboxylic acids is 1. The van der Waals surface area contributed by atoms with Crippen LogP contribution in [0, 0.1) is 0 Å². The predicted molar refractivity (Wildman–Crippen MR) is 77.1 cm³/mol. The number of hydrogen-bond donors (Lipinski definition) is 3. The molecule has 4 heteroatoms. The van der Waals surface area contributed by atoms with Gasteiger partial charge >= 0.3 is 5.97 Å². The van der Waals surface area contributed by atoms with Gasteiger partial charge in [0.2, 0.25) is 0 Å². The summed E-state index contributed by atoms with van der Waals surface area (Å²) in [6.45, 7) is 1.36. The number of hydrogen-bond acceptors (Lipinski definition) is 4. The third-order valence-corrected chi connectivity index (χ3v) is 3.11. The second-order valence-corrected chi connectivity index (χ2v) is 4.70. The fourth-order valence-electron chi connectivity index (χ4n) is 2.01. The van der Waals surface area contributed by atoms with E-state index in [2.05, 4.69) is 22.6 Å². The second kappa shape index (κ2) is 9.53. The third-order valence-electron chi connectivity index (χ3n) is 3.11. The van der Waals surface area contributed by atoms with Crippen molar-refractivity contribution >= 4 is 5.97 Å². The van der Waals surface area contributed by atoms with Crippen molar-refractivity contribution in [3.8, 4) is 0 Å². The van der Waals surface area contributed by atoms with Crippen molar-refractivity contribution in [1.82, 2.24) is 5.32 Å². The van der Waals surface area contributed by atoms with Gasteiger partial charge < -0.3 is 16.2 Å². The van der Waals surface area contributed by atoms with Crippen molar-refractivity contribution < 1.29 is 9.90 Å². The van der Waals surface area contributed by atoms with Crippen molar-refractivity contribution in [3.05, 3.63) is 35.9 Å². The number of benzene rings is 1. The van der Waals surface area contributed by atoms with E-state index in [9.17, 15) is 4.79 Å². The topological polar surface area (TPSA) is 75.3 Å². The zero-order chi connectivity index (χ0) is 14.6. The second-order valence-electron chi connectivity index (χ2n) is 4.70. The third kappa shape index (κ3) is 6.94. The number of rotatable bonds is 10. The van der Waals surface area contributed by atoms with E-state index in [4.69, 9.17) is 7.16 Å². The number of nitrogens with one attached hydrogen (secondary N) is 1. The molecule has 0 bridgehead atoms. The van der Waals surface area contributed by atoms with Crippen molar-refractivity contribution in [1.29, 1.82) is 1.43 Å². The van der Waals surface area contributed by atoms with Crippen LogP contribution in [-0.4, -0.2) is 30.2 Å². The monoisotopic (exact) mass is 265 g/mol. The standard InChI is InChI=1S/C15H24N2O2/c16-11-5-4-10-14(15(18)19)17-12-6-9-13-7-2-1-3-8-13/h1-3,7-8,14,17H,4-6,9-12,16H2,(H,18,19)/t14-/m0/s1/i/hD. The Kier molecular flexibility index (Phi) is 7.04. The maximum atomic E-state index is 11.5. The number of carboxylic acid groups (broad SMARTS) is 1. The van der Waals surface area contributed by atoms with E-state index in [1.54, 1.807) is 0 Å². The molecule has 1 atom stereocenters. The zero-order valence-corrected chi connectivity index (χ0v) is 11.3. The molecule has 19 heavy (non-hydrogen) atoms. The molecular formula is C15H24N2O2. The first-order valence-electron chi connectivity index (χ1n) is 7.33. The first-order valence-corrected chi connectivity index (χ1v) is 6.92. The maximum Gasteiger partial charge on any atom is 0.320 e. The van der Waals surface area contributed by atoms with Crippen molar-refractivity contribution in [2.24, 2.45) is 5.73 Å². The van der Waals surface area contributed by atoms with Gasteiger partial charge in [-0.3, -0.25) is 4.79 Å². The van der Waals surface area contributed by atoms with E-state index in [1.165, 1.54) is 5.56 Å². The normalized spacial score (nSPS) is 12.8. The van der Waals surface area contributed by atoms with E-state index < -0.39 is 12.0 Å². The molecule has 0 saturated carbocycles. The Balaban J connectivity index is 2.25. The summed E-state index contributed by atoms with van der Waals surface area (Å²) in [5.41, 5.74) is 6.72. The Bertz CT molecular complexity index is 373. The molecule has 4 N–H and O–H groups in total. The minimum absolute atomic E-state index is 0.394. The van der Waals surface area contributed by atoms with E-state index in [1.807, 2.05) is 18.2 Å². The highest BCUT2D eigenvalue weighted by Gasteiger charge is 2.15. The van der Waals surface area contributed by atoms with Gasteiger partial charge in [0.05, 0.1) is 0 Å². The van der Waals surface area contributed by atoms with Gasteiger partial charge in [-0.05, 0) is 44.3 Å². The molecule has 0 aliphatic heterocycles. The maximum absolute atomic E-state index is 11.5. The fraction of sp³-hybridized carbons (Fsp3) is 0.533. The molecular weight excluding hydrogens is 240 g/mol. The minimum Gasteiger partial charge on any atom is -0.480 e. The molecule has 1 aromatic carbocycles. The average molecular weight is 265 g/mol. The summed E-state index contributed by atoms with van der Waals surface area (Å²) in [4.78, 5) is 11.5. The van der Waals surface area contributed by atoms with Crippen molar-refractivity contribution in [2.45, 2.75) is 38.1 Å². The van der Waals surface area contributed by atoms with Gasteiger partial charge in [-0.2, -0.15) is 0 Å². The van der Waals surface area contributed by atoms with Gasteiger partial charge in [-0.1, -0.05) is 36.8 Å². The lowest BCUT2D eigenvalue weighted by molar-refractivity contribution is -0.139. The van der Waals surface area contributed by atoms with E-state index in [0.29, 0.717) is 13.0 Å². The average Bonchev–Trinajstić information content (AvgIpc) is 2.50. The van der Waals surface area contributed by atoms with Gasteiger partial charge in [-0.25, -0.2) is 0 Å². The summed E-state index contributed by atoms with van der Waals surface area (Å²) in [5.74, 6) is -0.512. The highest BCUT2D eigenvalue weighted by atomic mass is 16.4. The molecule has 0 aromatic heterocycles. The Labute approximate surface area is 116 Å². The smallest absolute Gasteiger partial charge is 0.320 e. The van der Waals surface area contributed by atoms with Crippen LogP contribution in [0.4, 0.5) is 0 Å². The molecule has 0 unspecified atom stereocenters. The van der Waals surface area contributed by atoms with Crippen LogP contribution >= 0.6 is 0 Å². The summed E-state index contributed by atoms with van der Waals surface area (Å²) < 4.78 is 6.72. The van der Waals surface area contributed by atoms with Crippen LogP contribution in [0.1, 0.15) is 31.2 Å². The molecule has 0 amide bonds. The Hall–Kier alpha value is -1.39. The molecule has 0 aliphatic carbocycles. The molecule has 1 rings (SSSR count). The molecule has 0 aliphatic rings. The van der Waals surface area contributed by atoms with Crippen molar-refractivity contribution in [2.75, 3.05) is 13.1 Å². The molecule has 0 heterocycles. The number of carbonyl (C=O) groups is 1. The molecule has 0 radical (unpaired) electrons. The Morgan fingerprint density at radius 2 is 2.11 bits per heavy atom. The van der Waals surface area contributed by atoms with Gasteiger partial charge in [0, 0.05) is 0 Å². The molecule has 1 aromatic rings. The quantitative estimate of drug-likeness (QED) is 0.564. The lowest BCUT2D eigenvalue weighted by atomic mass is 10.1. The molecule has 0 fully saturated rings. The first kappa shape index (κ1) is 14.0. The fourth-order valence-corrected chi connectivity index (χ4v) is 2.01. The van der Waals surface area contributed by atoms with Crippen LogP contribution in [-0.2, 0) is 11.2 Å². The van der Waals surface area contributed by atoms with E-state index in [-0.39, 0.29) is 0 Å². The van der Waals surface area contributed by atoms with E-state index in [0.717, 1.165) is 32.2 Å². The summed E-state index contributed by atoms with van der Waals surface area (Å²) in [6, 6.07) is 9.84. The minimum atomic E-state index is -0.512.